The Hall–Kier alpha value is -1.47. The second-order valence-corrected chi connectivity index (χ2v) is 4.56. The Bertz CT molecular complexity index is 459. The zero-order chi connectivity index (χ0) is 14.6. The van der Waals surface area contributed by atoms with Crippen LogP contribution in [0.25, 0.3) is 0 Å². The normalized spacial score (nSPS) is 18.5. The second-order valence-electron chi connectivity index (χ2n) is 4.56. The van der Waals surface area contributed by atoms with Crippen molar-refractivity contribution in [1.82, 2.24) is 5.32 Å². The van der Waals surface area contributed by atoms with E-state index in [9.17, 15) is 18.0 Å². The van der Waals surface area contributed by atoms with E-state index >= 15 is 0 Å². The van der Waals surface area contributed by atoms with Crippen molar-refractivity contribution in [3.8, 4) is 5.75 Å². The molecule has 1 aromatic rings. The molecule has 0 saturated carbocycles. The van der Waals surface area contributed by atoms with E-state index in [4.69, 9.17) is 0 Å². The lowest BCUT2D eigenvalue weighted by molar-refractivity contribution is -0.274. The van der Waals surface area contributed by atoms with E-state index in [0.717, 1.165) is 37.9 Å². The molecule has 1 saturated heterocycles. The van der Waals surface area contributed by atoms with Gasteiger partial charge in [-0.2, -0.15) is 0 Å². The van der Waals surface area contributed by atoms with Crippen molar-refractivity contribution >= 4 is 24.0 Å². The molecule has 0 radical (unpaired) electrons. The van der Waals surface area contributed by atoms with Crippen LogP contribution < -0.4 is 15.4 Å². The lowest BCUT2D eigenvalue weighted by atomic mass is 10.0. The van der Waals surface area contributed by atoms with Gasteiger partial charge in [0.1, 0.15) is 5.75 Å². The summed E-state index contributed by atoms with van der Waals surface area (Å²) in [6, 6.07) is 4.84. The molecule has 0 spiro atoms. The number of ether oxygens (including phenoxy) is 1. The summed E-state index contributed by atoms with van der Waals surface area (Å²) in [5, 5.41) is 5.76. The van der Waals surface area contributed by atoms with E-state index < -0.39 is 6.36 Å². The smallest absolute Gasteiger partial charge is 0.406 e. The number of nitrogens with one attached hydrogen (secondary N) is 2. The third-order valence-electron chi connectivity index (χ3n) is 2.98. The number of hydrogen-bond donors (Lipinski definition) is 2. The minimum absolute atomic E-state index is 0. The van der Waals surface area contributed by atoms with Crippen molar-refractivity contribution in [3.05, 3.63) is 24.3 Å². The van der Waals surface area contributed by atoms with Gasteiger partial charge in [-0.15, -0.1) is 25.6 Å². The molecule has 2 rings (SSSR count). The highest BCUT2D eigenvalue weighted by atomic mass is 35.5. The Morgan fingerprint density at radius 3 is 2.43 bits per heavy atom. The number of alkyl halides is 3. The van der Waals surface area contributed by atoms with E-state index in [0.29, 0.717) is 5.69 Å². The summed E-state index contributed by atoms with van der Waals surface area (Å²) in [4.78, 5) is 11.9. The van der Waals surface area contributed by atoms with E-state index in [1.54, 1.807) is 0 Å². The Kier molecular flexibility index (Phi) is 6.29. The Balaban J connectivity index is 0.00000220. The number of rotatable bonds is 3. The number of benzene rings is 1. The van der Waals surface area contributed by atoms with Crippen LogP contribution in [0.5, 0.6) is 5.75 Å². The maximum absolute atomic E-state index is 12.0. The van der Waals surface area contributed by atoms with Gasteiger partial charge in [0.05, 0.1) is 6.04 Å². The second kappa shape index (κ2) is 7.51. The standard InChI is InChI=1S/C13H15F3N2O2.ClH/c14-13(15,16)20-10-6-4-9(5-7-10)18-12(19)11-3-1-2-8-17-11;/h4-7,11,17H,1-3,8H2,(H,18,19);1H. The van der Waals surface area contributed by atoms with Crippen LogP contribution in [0.15, 0.2) is 24.3 Å². The zero-order valence-electron chi connectivity index (χ0n) is 11.1. The molecule has 1 fully saturated rings. The monoisotopic (exact) mass is 324 g/mol. The van der Waals surface area contributed by atoms with Gasteiger partial charge >= 0.3 is 6.36 Å². The molecule has 1 atom stereocenters. The Morgan fingerprint density at radius 1 is 1.24 bits per heavy atom. The SMILES string of the molecule is Cl.O=C(Nc1ccc(OC(F)(F)F)cc1)C1CCCCN1. The third kappa shape index (κ3) is 5.81. The first-order valence-electron chi connectivity index (χ1n) is 6.34. The highest BCUT2D eigenvalue weighted by Crippen LogP contribution is 2.24. The summed E-state index contributed by atoms with van der Waals surface area (Å²) in [7, 11) is 0. The average Bonchev–Trinajstić information content (AvgIpc) is 2.40. The summed E-state index contributed by atoms with van der Waals surface area (Å²) in [5.74, 6) is -0.486. The van der Waals surface area contributed by atoms with Crippen LogP contribution in [-0.4, -0.2) is 24.9 Å². The first kappa shape index (κ1) is 17.6. The van der Waals surface area contributed by atoms with Gasteiger partial charge in [0.2, 0.25) is 5.91 Å². The molecule has 1 unspecified atom stereocenters. The quantitative estimate of drug-likeness (QED) is 0.898. The molecule has 1 heterocycles. The largest absolute Gasteiger partial charge is 0.573 e. The molecule has 2 N–H and O–H groups in total. The molecule has 0 aliphatic carbocycles. The molecule has 1 aliphatic heterocycles. The zero-order valence-corrected chi connectivity index (χ0v) is 11.9. The van der Waals surface area contributed by atoms with Gasteiger partial charge in [-0.25, -0.2) is 0 Å². The van der Waals surface area contributed by atoms with Crippen LogP contribution in [-0.2, 0) is 4.79 Å². The Labute approximate surface area is 126 Å². The van der Waals surface area contributed by atoms with Gasteiger partial charge < -0.3 is 15.4 Å². The number of amides is 1. The molecule has 4 nitrogen and oxygen atoms in total. The predicted molar refractivity (Wildman–Crippen MR) is 74.6 cm³/mol. The number of carbonyl (C=O) groups excluding carboxylic acids is 1. The van der Waals surface area contributed by atoms with Crippen LogP contribution in [0.1, 0.15) is 19.3 Å². The summed E-state index contributed by atoms with van der Waals surface area (Å²) < 4.78 is 39.7. The molecule has 0 bridgehead atoms. The van der Waals surface area contributed by atoms with E-state index in [2.05, 4.69) is 15.4 Å². The fourth-order valence-electron chi connectivity index (χ4n) is 2.04. The molecule has 1 amide bonds. The van der Waals surface area contributed by atoms with Gasteiger partial charge in [0.15, 0.2) is 0 Å². The molecule has 1 aromatic carbocycles. The average molecular weight is 325 g/mol. The molecule has 118 valence electrons. The van der Waals surface area contributed by atoms with Gasteiger partial charge in [0, 0.05) is 5.69 Å². The number of piperidine rings is 1. The first-order valence-corrected chi connectivity index (χ1v) is 6.34. The predicted octanol–water partition coefficient (Wildman–Crippen LogP) is 3.09. The molecule has 8 heteroatoms. The maximum atomic E-state index is 12.0. The van der Waals surface area contributed by atoms with Crippen molar-refractivity contribution in [1.29, 1.82) is 0 Å². The topological polar surface area (TPSA) is 50.4 Å². The van der Waals surface area contributed by atoms with Crippen molar-refractivity contribution in [2.45, 2.75) is 31.7 Å². The number of hydrogen-bond acceptors (Lipinski definition) is 3. The minimum Gasteiger partial charge on any atom is -0.406 e. The fourth-order valence-corrected chi connectivity index (χ4v) is 2.04. The molecule has 1 aliphatic rings. The fraction of sp³-hybridized carbons (Fsp3) is 0.462. The van der Waals surface area contributed by atoms with E-state index in [-0.39, 0.29) is 30.1 Å². The maximum Gasteiger partial charge on any atom is 0.573 e. The minimum atomic E-state index is -4.71. The summed E-state index contributed by atoms with van der Waals surface area (Å²) in [5.41, 5.74) is 0.442. The van der Waals surface area contributed by atoms with Crippen LogP contribution in [0.3, 0.4) is 0 Å². The van der Waals surface area contributed by atoms with Crippen molar-refractivity contribution in [2.75, 3.05) is 11.9 Å². The van der Waals surface area contributed by atoms with Crippen molar-refractivity contribution in [2.24, 2.45) is 0 Å². The summed E-state index contributed by atoms with van der Waals surface area (Å²) >= 11 is 0. The van der Waals surface area contributed by atoms with Crippen molar-refractivity contribution < 1.29 is 22.7 Å². The summed E-state index contributed by atoms with van der Waals surface area (Å²) in [6.45, 7) is 0.802. The lowest BCUT2D eigenvalue weighted by Gasteiger charge is -2.22. The van der Waals surface area contributed by atoms with Gasteiger partial charge in [-0.05, 0) is 43.7 Å². The first-order chi connectivity index (χ1) is 9.44. The number of halogens is 4. The van der Waals surface area contributed by atoms with Gasteiger partial charge in [-0.3, -0.25) is 4.79 Å². The van der Waals surface area contributed by atoms with Crippen LogP contribution >= 0.6 is 12.4 Å². The van der Waals surface area contributed by atoms with Crippen molar-refractivity contribution in [3.63, 3.8) is 0 Å². The highest BCUT2D eigenvalue weighted by Gasteiger charge is 2.31. The van der Waals surface area contributed by atoms with Gasteiger partial charge in [0.25, 0.3) is 0 Å². The molecule has 21 heavy (non-hydrogen) atoms. The third-order valence-corrected chi connectivity index (χ3v) is 2.98. The molecule has 0 aromatic heterocycles. The van der Waals surface area contributed by atoms with E-state index in [1.165, 1.54) is 12.1 Å². The van der Waals surface area contributed by atoms with Crippen LogP contribution in [0.2, 0.25) is 0 Å². The molecular formula is C13H16ClF3N2O2. The summed E-state index contributed by atoms with van der Waals surface area (Å²) in [6.07, 6.45) is -1.91. The molecular weight excluding hydrogens is 309 g/mol. The lowest BCUT2D eigenvalue weighted by Crippen LogP contribution is -2.43. The van der Waals surface area contributed by atoms with Crippen LogP contribution in [0, 0.1) is 0 Å². The number of anilines is 1. The van der Waals surface area contributed by atoms with Crippen LogP contribution in [0.4, 0.5) is 18.9 Å². The highest BCUT2D eigenvalue weighted by molar-refractivity contribution is 5.94. The van der Waals surface area contributed by atoms with Gasteiger partial charge in [-0.1, -0.05) is 6.42 Å². The Morgan fingerprint density at radius 2 is 1.90 bits per heavy atom. The van der Waals surface area contributed by atoms with E-state index in [1.807, 2.05) is 0 Å². The number of carbonyl (C=O) groups is 1.